The maximum Gasteiger partial charge on any atom is 0.297 e. The fourth-order valence-corrected chi connectivity index (χ4v) is 1.79. The van der Waals surface area contributed by atoms with Crippen molar-refractivity contribution in [1.29, 1.82) is 0 Å². The van der Waals surface area contributed by atoms with Gasteiger partial charge in [-0.25, -0.2) is 14.4 Å². The highest BCUT2D eigenvalue weighted by molar-refractivity contribution is 5.96. The highest BCUT2D eigenvalue weighted by Crippen LogP contribution is 2.24. The van der Waals surface area contributed by atoms with E-state index in [9.17, 15) is 9.18 Å². The number of nitrogens with zero attached hydrogens (tertiary/aromatic N) is 3. The molecule has 1 aromatic carbocycles. The van der Waals surface area contributed by atoms with Gasteiger partial charge in [-0.05, 0) is 34.6 Å². The molecule has 0 saturated heterocycles. The second kappa shape index (κ2) is 6.10. The fourth-order valence-electron chi connectivity index (χ4n) is 1.79. The molecule has 0 bridgehead atoms. The maximum atomic E-state index is 13.7. The van der Waals surface area contributed by atoms with Crippen molar-refractivity contribution < 1.29 is 18.2 Å². The summed E-state index contributed by atoms with van der Waals surface area (Å²) in [6, 6.07) is 9.40. The molecule has 8 nitrogen and oxygen atoms in total. The van der Waals surface area contributed by atoms with Crippen molar-refractivity contribution in [1.82, 2.24) is 15.7 Å². The highest BCUT2D eigenvalue weighted by atomic mass is 19.1. The smallest absolute Gasteiger partial charge is 0.297 e. The molecule has 2 aromatic heterocycles. The van der Waals surface area contributed by atoms with Gasteiger partial charge < -0.3 is 10.2 Å². The topological polar surface area (TPSA) is 120 Å². The first-order valence-electron chi connectivity index (χ1n) is 6.41. The zero-order valence-electron chi connectivity index (χ0n) is 11.6. The molecule has 3 aromatic rings. The summed E-state index contributed by atoms with van der Waals surface area (Å²) in [5.74, 6) is -0.540. The number of aromatic nitrogens is 2. The number of furan rings is 1. The Labute approximate surface area is 128 Å². The van der Waals surface area contributed by atoms with Crippen LogP contribution in [0, 0.1) is 5.82 Å². The number of carbonyl (C=O) groups is 1. The third-order valence-corrected chi connectivity index (χ3v) is 2.85. The molecule has 0 radical (unpaired) electrons. The number of anilines is 1. The van der Waals surface area contributed by atoms with Crippen LogP contribution in [0.25, 0.3) is 11.3 Å². The average molecular weight is 315 g/mol. The quantitative estimate of drug-likeness (QED) is 0.559. The summed E-state index contributed by atoms with van der Waals surface area (Å²) in [7, 11) is 0. The number of benzene rings is 1. The minimum absolute atomic E-state index is 0.141. The Kier molecular flexibility index (Phi) is 3.83. The van der Waals surface area contributed by atoms with Crippen molar-refractivity contribution in [3.8, 4) is 11.3 Å². The van der Waals surface area contributed by atoms with E-state index in [2.05, 4.69) is 25.5 Å². The second-order valence-electron chi connectivity index (χ2n) is 4.38. The molecule has 0 aliphatic heterocycles. The SMILES string of the molecule is Nc1nonc1C(=O)N/N=C/c1ccc(-c2ccccc2F)o1. The molecule has 0 aliphatic carbocycles. The van der Waals surface area contributed by atoms with Crippen molar-refractivity contribution in [2.24, 2.45) is 5.10 Å². The van der Waals surface area contributed by atoms with Crippen LogP contribution in [-0.2, 0) is 0 Å². The van der Waals surface area contributed by atoms with Crippen LogP contribution >= 0.6 is 0 Å². The third-order valence-electron chi connectivity index (χ3n) is 2.85. The van der Waals surface area contributed by atoms with Crippen LogP contribution in [0.3, 0.4) is 0 Å². The van der Waals surface area contributed by atoms with Gasteiger partial charge in [-0.2, -0.15) is 5.10 Å². The number of rotatable bonds is 4. The monoisotopic (exact) mass is 315 g/mol. The Balaban J connectivity index is 1.69. The number of hydrogen-bond donors (Lipinski definition) is 2. The number of hydrogen-bond acceptors (Lipinski definition) is 7. The number of amides is 1. The van der Waals surface area contributed by atoms with Crippen molar-refractivity contribution >= 4 is 17.9 Å². The summed E-state index contributed by atoms with van der Waals surface area (Å²) in [6.07, 6.45) is 1.26. The number of nitrogen functional groups attached to an aromatic ring is 1. The Hall–Kier alpha value is -3.49. The molecule has 3 rings (SSSR count). The minimum atomic E-state index is -0.680. The van der Waals surface area contributed by atoms with Crippen molar-refractivity contribution in [3.05, 3.63) is 53.7 Å². The van der Waals surface area contributed by atoms with Crippen LogP contribution in [0.4, 0.5) is 10.2 Å². The van der Waals surface area contributed by atoms with Gasteiger partial charge in [0.15, 0.2) is 0 Å². The molecular weight excluding hydrogens is 305 g/mol. The Morgan fingerprint density at radius 3 is 2.83 bits per heavy atom. The lowest BCUT2D eigenvalue weighted by atomic mass is 10.1. The molecule has 9 heteroatoms. The molecule has 0 spiro atoms. The summed E-state index contributed by atoms with van der Waals surface area (Å²) in [6.45, 7) is 0. The average Bonchev–Trinajstić information content (AvgIpc) is 3.17. The molecule has 1 amide bonds. The van der Waals surface area contributed by atoms with E-state index in [-0.39, 0.29) is 11.5 Å². The molecule has 0 fully saturated rings. The van der Waals surface area contributed by atoms with Gasteiger partial charge in [0.05, 0.1) is 11.8 Å². The Morgan fingerprint density at radius 2 is 2.09 bits per heavy atom. The van der Waals surface area contributed by atoms with Gasteiger partial charge in [0.2, 0.25) is 11.5 Å². The lowest BCUT2D eigenvalue weighted by molar-refractivity contribution is 0.0946. The van der Waals surface area contributed by atoms with Gasteiger partial charge >= 0.3 is 0 Å². The summed E-state index contributed by atoms with van der Waals surface area (Å²) in [5, 5.41) is 10.3. The lowest BCUT2D eigenvalue weighted by Crippen LogP contribution is -2.19. The normalized spacial score (nSPS) is 11.0. The number of hydrazone groups is 1. The van der Waals surface area contributed by atoms with Crippen LogP contribution < -0.4 is 11.2 Å². The van der Waals surface area contributed by atoms with Crippen molar-refractivity contribution in [2.45, 2.75) is 0 Å². The summed E-state index contributed by atoms with van der Waals surface area (Å²) in [4.78, 5) is 11.6. The maximum absolute atomic E-state index is 13.7. The van der Waals surface area contributed by atoms with Crippen molar-refractivity contribution in [2.75, 3.05) is 5.73 Å². The van der Waals surface area contributed by atoms with Gasteiger partial charge in [0.25, 0.3) is 5.91 Å². The van der Waals surface area contributed by atoms with E-state index in [0.717, 1.165) is 0 Å². The molecule has 0 atom stereocenters. The summed E-state index contributed by atoms with van der Waals surface area (Å²) >= 11 is 0. The molecule has 0 saturated carbocycles. The van der Waals surface area contributed by atoms with Crippen LogP contribution in [0.5, 0.6) is 0 Å². The zero-order valence-corrected chi connectivity index (χ0v) is 11.6. The van der Waals surface area contributed by atoms with E-state index in [0.29, 0.717) is 17.1 Å². The first kappa shape index (κ1) is 14.4. The number of halogens is 1. The molecule has 23 heavy (non-hydrogen) atoms. The van der Waals surface area contributed by atoms with E-state index in [1.54, 1.807) is 30.3 Å². The van der Waals surface area contributed by atoms with Crippen LogP contribution in [-0.4, -0.2) is 22.4 Å². The predicted molar refractivity (Wildman–Crippen MR) is 77.9 cm³/mol. The molecule has 0 aliphatic rings. The van der Waals surface area contributed by atoms with Gasteiger partial charge in [-0.15, -0.1) is 0 Å². The summed E-state index contributed by atoms with van der Waals surface area (Å²) < 4.78 is 23.4. The van der Waals surface area contributed by atoms with E-state index in [4.69, 9.17) is 10.2 Å². The molecule has 116 valence electrons. The Bertz CT molecular complexity index is 871. The van der Waals surface area contributed by atoms with Crippen LogP contribution in [0.2, 0.25) is 0 Å². The van der Waals surface area contributed by atoms with Gasteiger partial charge in [0.1, 0.15) is 17.3 Å². The van der Waals surface area contributed by atoms with E-state index < -0.39 is 11.7 Å². The standard InChI is InChI=1S/C14H10FN5O3/c15-10-4-2-1-3-9(10)11-6-5-8(22-11)7-17-18-14(21)12-13(16)20-23-19-12/h1-7H,(H2,16,20)(H,18,21)/b17-7+. The fraction of sp³-hybridized carbons (Fsp3) is 0. The van der Waals surface area contributed by atoms with E-state index in [1.165, 1.54) is 12.3 Å². The molecule has 0 unspecified atom stereocenters. The van der Waals surface area contributed by atoms with Crippen LogP contribution in [0.1, 0.15) is 16.2 Å². The van der Waals surface area contributed by atoms with E-state index >= 15 is 0 Å². The largest absolute Gasteiger partial charge is 0.455 e. The third kappa shape index (κ3) is 3.07. The van der Waals surface area contributed by atoms with Gasteiger partial charge in [-0.3, -0.25) is 4.79 Å². The Morgan fingerprint density at radius 1 is 1.26 bits per heavy atom. The zero-order chi connectivity index (χ0) is 16.2. The molecular formula is C14H10FN5O3. The summed E-state index contributed by atoms with van der Waals surface area (Å²) in [5.41, 5.74) is 7.72. The second-order valence-corrected chi connectivity index (χ2v) is 4.38. The number of nitrogens with two attached hydrogens (primary N) is 1. The first-order chi connectivity index (χ1) is 11.1. The van der Waals surface area contributed by atoms with Gasteiger partial charge in [0, 0.05) is 0 Å². The van der Waals surface area contributed by atoms with Crippen LogP contribution in [0.15, 0.2) is 50.5 Å². The number of carbonyl (C=O) groups excluding carboxylic acids is 1. The molecule has 2 heterocycles. The minimum Gasteiger partial charge on any atom is -0.455 e. The lowest BCUT2D eigenvalue weighted by Gasteiger charge is -1.97. The molecule has 3 N–H and O–H groups in total. The van der Waals surface area contributed by atoms with E-state index in [1.807, 2.05) is 0 Å². The highest BCUT2D eigenvalue weighted by Gasteiger charge is 2.15. The van der Waals surface area contributed by atoms with Crippen molar-refractivity contribution in [3.63, 3.8) is 0 Å². The number of nitrogens with one attached hydrogen (secondary N) is 1. The first-order valence-corrected chi connectivity index (χ1v) is 6.41. The van der Waals surface area contributed by atoms with Gasteiger partial charge in [-0.1, -0.05) is 12.1 Å². The predicted octanol–water partition coefficient (Wildman–Crippen LogP) is 1.81.